The lowest BCUT2D eigenvalue weighted by atomic mass is 9.80. The van der Waals surface area contributed by atoms with Gasteiger partial charge in [0.25, 0.3) is 5.91 Å². The van der Waals surface area contributed by atoms with Gasteiger partial charge in [-0.05, 0) is 43.9 Å². The minimum atomic E-state index is -4.54. The van der Waals surface area contributed by atoms with Crippen LogP contribution in [0.4, 0.5) is 18.3 Å². The summed E-state index contributed by atoms with van der Waals surface area (Å²) in [5.41, 5.74) is -1.92. The number of hydrogen-bond acceptors (Lipinski definition) is 7. The van der Waals surface area contributed by atoms with E-state index in [1.165, 1.54) is 17.4 Å². The van der Waals surface area contributed by atoms with Crippen LogP contribution in [0.15, 0.2) is 30.5 Å². The van der Waals surface area contributed by atoms with Gasteiger partial charge >= 0.3 is 6.18 Å². The standard InChI is InChI=1S/C24H30F3N5O3S/c1-31(2)22-29-11-19(36-22)23(35)8-6-18(7-9-23)32-13-17(14-32)30-20(33)12-28-21(34)15-4-3-5-16(10-15)24(25,26)27/h3-5,10-11,17-18,35H,6-9,12-14H2,1-2H3,(H,28,34)(H,30,33). The number of hydrogen-bond donors (Lipinski definition) is 3. The minimum absolute atomic E-state index is 0.0482. The Morgan fingerprint density at radius 3 is 2.56 bits per heavy atom. The summed E-state index contributed by atoms with van der Waals surface area (Å²) in [7, 11) is 3.85. The van der Waals surface area contributed by atoms with Crippen LogP contribution in [0.3, 0.4) is 0 Å². The Morgan fingerprint density at radius 1 is 1.25 bits per heavy atom. The average molecular weight is 526 g/mol. The molecule has 2 aliphatic rings. The van der Waals surface area contributed by atoms with E-state index in [-0.39, 0.29) is 24.1 Å². The number of nitrogens with zero attached hydrogens (tertiary/aromatic N) is 3. The molecule has 8 nitrogen and oxygen atoms in total. The van der Waals surface area contributed by atoms with Crippen LogP contribution in [0, 0.1) is 0 Å². The molecule has 196 valence electrons. The molecule has 4 rings (SSSR count). The smallest absolute Gasteiger partial charge is 0.384 e. The number of carbonyl (C=O) groups is 2. The van der Waals surface area contributed by atoms with Gasteiger partial charge in [-0.2, -0.15) is 13.2 Å². The summed E-state index contributed by atoms with van der Waals surface area (Å²) in [6, 6.07) is 4.36. The van der Waals surface area contributed by atoms with E-state index in [0.717, 1.165) is 41.0 Å². The van der Waals surface area contributed by atoms with E-state index < -0.39 is 23.2 Å². The quantitative estimate of drug-likeness (QED) is 0.514. The van der Waals surface area contributed by atoms with E-state index in [1.807, 2.05) is 19.0 Å². The number of amides is 2. The number of aromatic nitrogens is 1. The summed E-state index contributed by atoms with van der Waals surface area (Å²) >= 11 is 1.51. The van der Waals surface area contributed by atoms with Crippen molar-refractivity contribution in [3.8, 4) is 0 Å². The number of carbonyl (C=O) groups excluding carboxylic acids is 2. The van der Waals surface area contributed by atoms with Crippen LogP contribution < -0.4 is 15.5 Å². The largest absolute Gasteiger partial charge is 0.416 e. The molecular formula is C24H30F3N5O3S. The minimum Gasteiger partial charge on any atom is -0.384 e. The van der Waals surface area contributed by atoms with Gasteiger partial charge in [0.05, 0.1) is 23.0 Å². The summed E-state index contributed by atoms with van der Waals surface area (Å²) in [5.74, 6) is -1.13. The Morgan fingerprint density at radius 2 is 1.94 bits per heavy atom. The van der Waals surface area contributed by atoms with Crippen LogP contribution in [0.5, 0.6) is 0 Å². The topological polar surface area (TPSA) is 97.8 Å². The van der Waals surface area contributed by atoms with Crippen molar-refractivity contribution in [1.82, 2.24) is 20.5 Å². The highest BCUT2D eigenvalue weighted by Gasteiger charge is 2.41. The van der Waals surface area contributed by atoms with Crippen LogP contribution in [0.25, 0.3) is 0 Å². The zero-order valence-electron chi connectivity index (χ0n) is 20.1. The zero-order chi connectivity index (χ0) is 26.1. The Kier molecular flexibility index (Phi) is 7.58. The molecule has 1 aromatic carbocycles. The van der Waals surface area contributed by atoms with E-state index in [1.54, 1.807) is 6.20 Å². The van der Waals surface area contributed by atoms with Crippen molar-refractivity contribution in [3.63, 3.8) is 0 Å². The maximum atomic E-state index is 12.8. The van der Waals surface area contributed by atoms with Gasteiger partial charge in [-0.15, -0.1) is 0 Å². The Bertz CT molecular complexity index is 1090. The summed E-state index contributed by atoms with van der Waals surface area (Å²) in [4.78, 5) is 33.8. The second-order valence-corrected chi connectivity index (χ2v) is 10.7. The lowest BCUT2D eigenvalue weighted by Gasteiger charge is -2.48. The van der Waals surface area contributed by atoms with Gasteiger partial charge in [0.2, 0.25) is 5.91 Å². The van der Waals surface area contributed by atoms with E-state index in [4.69, 9.17) is 0 Å². The van der Waals surface area contributed by atoms with Crippen LogP contribution in [-0.2, 0) is 16.6 Å². The SMILES string of the molecule is CN(C)c1ncc(C2(O)CCC(N3CC(NC(=O)CNC(=O)c4cccc(C(F)(F)F)c4)C3)CC2)s1. The first-order valence-electron chi connectivity index (χ1n) is 11.8. The molecule has 2 heterocycles. The van der Waals surface area contributed by atoms with Gasteiger partial charge < -0.3 is 20.6 Å². The normalized spacial score (nSPS) is 23.1. The van der Waals surface area contributed by atoms with Crippen molar-refractivity contribution in [2.45, 2.75) is 49.5 Å². The number of aliphatic hydroxyl groups is 1. The first-order valence-corrected chi connectivity index (χ1v) is 12.6. The predicted molar refractivity (Wildman–Crippen MR) is 130 cm³/mol. The van der Waals surface area contributed by atoms with E-state index >= 15 is 0 Å². The molecule has 1 aliphatic carbocycles. The fourth-order valence-electron chi connectivity index (χ4n) is 4.66. The monoisotopic (exact) mass is 525 g/mol. The van der Waals surface area contributed by atoms with Crippen LogP contribution >= 0.6 is 11.3 Å². The van der Waals surface area contributed by atoms with Crippen molar-refractivity contribution in [2.75, 3.05) is 38.6 Å². The lowest BCUT2D eigenvalue weighted by molar-refractivity contribution is -0.137. The number of likely N-dealkylation sites (tertiary alicyclic amines) is 1. The van der Waals surface area contributed by atoms with Gasteiger partial charge in [0, 0.05) is 45.0 Å². The zero-order valence-corrected chi connectivity index (χ0v) is 21.0. The summed E-state index contributed by atoms with van der Waals surface area (Å²) in [5, 5.41) is 17.2. The predicted octanol–water partition coefficient (Wildman–Crippen LogP) is 2.59. The van der Waals surface area contributed by atoms with E-state index in [0.29, 0.717) is 32.0 Å². The molecule has 0 bridgehead atoms. The molecule has 36 heavy (non-hydrogen) atoms. The third kappa shape index (κ3) is 5.98. The maximum absolute atomic E-state index is 12.8. The highest BCUT2D eigenvalue weighted by molar-refractivity contribution is 7.15. The van der Waals surface area contributed by atoms with Crippen molar-refractivity contribution >= 4 is 28.3 Å². The molecule has 2 amide bonds. The molecule has 1 saturated heterocycles. The molecule has 0 radical (unpaired) electrons. The molecule has 0 atom stereocenters. The molecule has 2 aromatic rings. The molecular weight excluding hydrogens is 495 g/mol. The van der Waals surface area contributed by atoms with Crippen LogP contribution in [-0.4, -0.2) is 72.6 Å². The van der Waals surface area contributed by atoms with Gasteiger partial charge in [0.15, 0.2) is 5.13 Å². The maximum Gasteiger partial charge on any atom is 0.416 e. The fourth-order valence-corrected chi connectivity index (χ4v) is 5.64. The first kappa shape index (κ1) is 26.4. The Labute approximate surface area is 211 Å². The second kappa shape index (κ2) is 10.3. The molecule has 1 saturated carbocycles. The highest BCUT2D eigenvalue weighted by atomic mass is 32.1. The number of rotatable bonds is 7. The Balaban J connectivity index is 1.18. The average Bonchev–Trinajstić information content (AvgIpc) is 3.32. The van der Waals surface area contributed by atoms with E-state index in [9.17, 15) is 27.9 Å². The third-order valence-corrected chi connectivity index (χ3v) is 8.13. The molecule has 1 aliphatic heterocycles. The highest BCUT2D eigenvalue weighted by Crippen LogP contribution is 2.42. The number of thiazole rings is 1. The van der Waals surface area contributed by atoms with Crippen molar-refractivity contribution in [3.05, 3.63) is 46.5 Å². The summed E-state index contributed by atoms with van der Waals surface area (Å²) in [6.45, 7) is 1.05. The summed E-state index contributed by atoms with van der Waals surface area (Å²) in [6.07, 6.45) is 0.224. The number of benzene rings is 1. The van der Waals surface area contributed by atoms with Gasteiger partial charge in [-0.1, -0.05) is 17.4 Å². The lowest BCUT2D eigenvalue weighted by Crippen LogP contribution is -2.63. The van der Waals surface area contributed by atoms with Crippen LogP contribution in [0.2, 0.25) is 0 Å². The van der Waals surface area contributed by atoms with E-state index in [2.05, 4.69) is 20.5 Å². The molecule has 3 N–H and O–H groups in total. The molecule has 2 fully saturated rings. The van der Waals surface area contributed by atoms with Gasteiger partial charge in [0.1, 0.15) is 5.60 Å². The fraction of sp³-hybridized carbons (Fsp3) is 0.542. The third-order valence-electron chi connectivity index (χ3n) is 6.77. The first-order chi connectivity index (χ1) is 16.9. The van der Waals surface area contributed by atoms with Crippen molar-refractivity contribution < 1.29 is 27.9 Å². The molecule has 12 heteroatoms. The molecule has 0 unspecified atom stereocenters. The number of anilines is 1. The second-order valence-electron chi connectivity index (χ2n) is 9.64. The Hall–Kier alpha value is -2.70. The number of halogens is 3. The molecule has 1 aromatic heterocycles. The summed E-state index contributed by atoms with van der Waals surface area (Å²) < 4.78 is 38.5. The number of alkyl halides is 3. The van der Waals surface area contributed by atoms with Crippen molar-refractivity contribution in [1.29, 1.82) is 0 Å². The van der Waals surface area contributed by atoms with Gasteiger partial charge in [-0.3, -0.25) is 14.5 Å². The van der Waals surface area contributed by atoms with Gasteiger partial charge in [-0.25, -0.2) is 4.98 Å². The van der Waals surface area contributed by atoms with Crippen LogP contribution in [0.1, 0.15) is 46.5 Å². The molecule has 0 spiro atoms. The number of nitrogens with one attached hydrogen (secondary N) is 2. The van der Waals surface area contributed by atoms with Crippen molar-refractivity contribution in [2.24, 2.45) is 0 Å².